The van der Waals surface area contributed by atoms with E-state index in [4.69, 9.17) is 9.47 Å². The molecule has 1 amide bonds. The van der Waals surface area contributed by atoms with E-state index in [1.165, 1.54) is 0 Å². The smallest absolute Gasteiger partial charge is 0.263 e. The Morgan fingerprint density at radius 3 is 2.74 bits per heavy atom. The van der Waals surface area contributed by atoms with E-state index in [1.807, 2.05) is 36.1 Å². The molecule has 4 heteroatoms. The highest BCUT2D eigenvalue weighted by Crippen LogP contribution is 2.20. The maximum absolute atomic E-state index is 12.2. The van der Waals surface area contributed by atoms with Gasteiger partial charge >= 0.3 is 0 Å². The van der Waals surface area contributed by atoms with Crippen LogP contribution in [-0.2, 0) is 16.0 Å². The Hall–Kier alpha value is -1.55. The second-order valence-electron chi connectivity index (χ2n) is 4.66. The molecule has 1 heterocycles. The summed E-state index contributed by atoms with van der Waals surface area (Å²) in [5.41, 5.74) is 1.13. The van der Waals surface area contributed by atoms with Gasteiger partial charge in [-0.15, -0.1) is 0 Å². The minimum absolute atomic E-state index is 0.0363. The molecular weight excluding hydrogens is 242 g/mol. The molecule has 0 aromatic heterocycles. The number of hydrogen-bond donors (Lipinski definition) is 0. The summed E-state index contributed by atoms with van der Waals surface area (Å²) in [6, 6.07) is 7.86. The first-order valence-electron chi connectivity index (χ1n) is 6.83. The third-order valence-electron chi connectivity index (χ3n) is 3.33. The monoisotopic (exact) mass is 263 g/mol. The van der Waals surface area contributed by atoms with Crippen LogP contribution < -0.4 is 4.74 Å². The van der Waals surface area contributed by atoms with Gasteiger partial charge in [-0.3, -0.25) is 4.79 Å². The number of carbonyl (C=O) groups excluding carboxylic acids is 1. The lowest BCUT2D eigenvalue weighted by molar-refractivity contribution is -0.142. The fourth-order valence-corrected chi connectivity index (χ4v) is 2.19. The number of aryl methyl sites for hydroxylation is 1. The highest BCUT2D eigenvalue weighted by atomic mass is 16.5. The quantitative estimate of drug-likeness (QED) is 0.832. The van der Waals surface area contributed by atoms with Gasteiger partial charge in [-0.05, 0) is 25.0 Å². The Morgan fingerprint density at radius 1 is 1.37 bits per heavy atom. The number of nitrogens with zero attached hydrogens (tertiary/aromatic N) is 1. The van der Waals surface area contributed by atoms with Gasteiger partial charge in [0.1, 0.15) is 5.75 Å². The first kappa shape index (κ1) is 13.9. The van der Waals surface area contributed by atoms with Crippen molar-refractivity contribution in [3.8, 4) is 5.75 Å². The van der Waals surface area contributed by atoms with E-state index in [2.05, 4.69) is 6.92 Å². The first-order valence-corrected chi connectivity index (χ1v) is 6.83. The van der Waals surface area contributed by atoms with E-state index in [0.29, 0.717) is 26.3 Å². The SMILES string of the molecule is CCc1ccccc1O[C@@H](C)C(=O)N1CCOCC1. The number of para-hydroxylation sites is 1. The maximum Gasteiger partial charge on any atom is 0.263 e. The van der Waals surface area contributed by atoms with Crippen LogP contribution in [0.15, 0.2) is 24.3 Å². The van der Waals surface area contributed by atoms with E-state index in [0.717, 1.165) is 17.7 Å². The van der Waals surface area contributed by atoms with Crippen molar-refractivity contribution in [2.75, 3.05) is 26.3 Å². The zero-order valence-corrected chi connectivity index (χ0v) is 11.6. The van der Waals surface area contributed by atoms with Crippen molar-refractivity contribution in [3.05, 3.63) is 29.8 Å². The molecular formula is C15H21NO3. The largest absolute Gasteiger partial charge is 0.481 e. The van der Waals surface area contributed by atoms with E-state index in [9.17, 15) is 4.79 Å². The molecule has 4 nitrogen and oxygen atoms in total. The molecule has 1 aromatic rings. The molecule has 1 fully saturated rings. The van der Waals surface area contributed by atoms with Crippen LogP contribution >= 0.6 is 0 Å². The fraction of sp³-hybridized carbons (Fsp3) is 0.533. The zero-order chi connectivity index (χ0) is 13.7. The van der Waals surface area contributed by atoms with Gasteiger partial charge in [0.15, 0.2) is 6.10 Å². The molecule has 104 valence electrons. The van der Waals surface area contributed by atoms with Crippen molar-refractivity contribution in [1.82, 2.24) is 4.90 Å². The van der Waals surface area contributed by atoms with Gasteiger partial charge in [-0.1, -0.05) is 25.1 Å². The molecule has 1 atom stereocenters. The highest BCUT2D eigenvalue weighted by Gasteiger charge is 2.24. The van der Waals surface area contributed by atoms with Crippen LogP contribution in [0, 0.1) is 0 Å². The number of hydrogen-bond acceptors (Lipinski definition) is 3. The van der Waals surface area contributed by atoms with Crippen molar-refractivity contribution in [2.24, 2.45) is 0 Å². The van der Waals surface area contributed by atoms with E-state index < -0.39 is 6.10 Å². The molecule has 0 radical (unpaired) electrons. The maximum atomic E-state index is 12.2. The molecule has 0 N–H and O–H groups in total. The number of amides is 1. The Labute approximate surface area is 114 Å². The van der Waals surface area contributed by atoms with Crippen LogP contribution in [0.4, 0.5) is 0 Å². The summed E-state index contributed by atoms with van der Waals surface area (Å²) in [5, 5.41) is 0. The molecule has 19 heavy (non-hydrogen) atoms. The van der Waals surface area contributed by atoms with Crippen molar-refractivity contribution in [3.63, 3.8) is 0 Å². The number of ether oxygens (including phenoxy) is 2. The second kappa shape index (κ2) is 6.57. The average molecular weight is 263 g/mol. The minimum Gasteiger partial charge on any atom is -0.481 e. The van der Waals surface area contributed by atoms with Crippen molar-refractivity contribution >= 4 is 5.91 Å². The molecule has 0 bridgehead atoms. The van der Waals surface area contributed by atoms with Crippen LogP contribution in [0.1, 0.15) is 19.4 Å². The van der Waals surface area contributed by atoms with Gasteiger partial charge in [0, 0.05) is 13.1 Å². The van der Waals surface area contributed by atoms with Gasteiger partial charge < -0.3 is 14.4 Å². The molecule has 1 aliphatic rings. The second-order valence-corrected chi connectivity index (χ2v) is 4.66. The summed E-state index contributed by atoms with van der Waals surface area (Å²) in [6.45, 7) is 6.43. The number of rotatable bonds is 4. The molecule has 2 rings (SSSR count). The van der Waals surface area contributed by atoms with Crippen molar-refractivity contribution < 1.29 is 14.3 Å². The normalized spacial score (nSPS) is 17.1. The molecule has 0 aliphatic carbocycles. The van der Waals surface area contributed by atoms with Gasteiger partial charge in [-0.2, -0.15) is 0 Å². The first-order chi connectivity index (χ1) is 9.22. The summed E-state index contributed by atoms with van der Waals surface area (Å²) in [7, 11) is 0. The standard InChI is InChI=1S/C15H21NO3/c1-3-13-6-4-5-7-14(13)19-12(2)15(17)16-8-10-18-11-9-16/h4-7,12H,3,8-11H2,1-2H3/t12-/m0/s1. The minimum atomic E-state index is -0.453. The lowest BCUT2D eigenvalue weighted by Gasteiger charge is -2.29. The molecule has 0 unspecified atom stereocenters. The van der Waals surface area contributed by atoms with Crippen molar-refractivity contribution in [2.45, 2.75) is 26.4 Å². The van der Waals surface area contributed by atoms with Crippen LogP contribution in [0.25, 0.3) is 0 Å². The van der Waals surface area contributed by atoms with Gasteiger partial charge in [0.2, 0.25) is 0 Å². The number of morpholine rings is 1. The molecule has 1 saturated heterocycles. The predicted octanol–water partition coefficient (Wildman–Crippen LogP) is 1.88. The van der Waals surface area contributed by atoms with Crippen LogP contribution in [-0.4, -0.2) is 43.2 Å². The Bertz CT molecular complexity index is 427. The lowest BCUT2D eigenvalue weighted by atomic mass is 10.1. The van der Waals surface area contributed by atoms with E-state index in [1.54, 1.807) is 0 Å². The zero-order valence-electron chi connectivity index (χ0n) is 11.6. The summed E-state index contributed by atoms with van der Waals surface area (Å²) in [4.78, 5) is 14.1. The van der Waals surface area contributed by atoms with Gasteiger partial charge in [-0.25, -0.2) is 0 Å². The number of carbonyl (C=O) groups is 1. The van der Waals surface area contributed by atoms with E-state index in [-0.39, 0.29) is 5.91 Å². The van der Waals surface area contributed by atoms with Crippen LogP contribution in [0.2, 0.25) is 0 Å². The average Bonchev–Trinajstić information content (AvgIpc) is 2.48. The summed E-state index contributed by atoms with van der Waals surface area (Å²) in [6.07, 6.45) is 0.444. The Balaban J connectivity index is 1.99. The molecule has 1 aliphatic heterocycles. The lowest BCUT2D eigenvalue weighted by Crippen LogP contribution is -2.46. The summed E-state index contributed by atoms with van der Waals surface area (Å²) < 4.78 is 11.1. The summed E-state index contributed by atoms with van der Waals surface area (Å²) >= 11 is 0. The Kier molecular flexibility index (Phi) is 4.80. The predicted molar refractivity (Wildman–Crippen MR) is 73.3 cm³/mol. The third-order valence-corrected chi connectivity index (χ3v) is 3.33. The highest BCUT2D eigenvalue weighted by molar-refractivity contribution is 5.81. The van der Waals surface area contributed by atoms with Crippen LogP contribution in [0.5, 0.6) is 5.75 Å². The fourth-order valence-electron chi connectivity index (χ4n) is 2.19. The molecule has 1 aromatic carbocycles. The Morgan fingerprint density at radius 2 is 2.05 bits per heavy atom. The van der Waals surface area contributed by atoms with Crippen molar-refractivity contribution in [1.29, 1.82) is 0 Å². The summed E-state index contributed by atoms with van der Waals surface area (Å²) in [5.74, 6) is 0.841. The third kappa shape index (κ3) is 3.47. The molecule has 0 spiro atoms. The van der Waals surface area contributed by atoms with Crippen LogP contribution in [0.3, 0.4) is 0 Å². The van der Waals surface area contributed by atoms with Gasteiger partial charge in [0.25, 0.3) is 5.91 Å². The topological polar surface area (TPSA) is 38.8 Å². The number of benzene rings is 1. The van der Waals surface area contributed by atoms with E-state index >= 15 is 0 Å². The molecule has 0 saturated carbocycles. The van der Waals surface area contributed by atoms with Gasteiger partial charge in [0.05, 0.1) is 13.2 Å².